The van der Waals surface area contributed by atoms with Crippen LogP contribution in [-0.4, -0.2) is 76.9 Å². The maximum Gasteiger partial charge on any atom is 0.326 e. The predicted octanol–water partition coefficient (Wildman–Crippen LogP) is -0.489. The topological polar surface area (TPSA) is 107 Å². The van der Waals surface area contributed by atoms with Gasteiger partial charge in [0, 0.05) is 26.1 Å². The van der Waals surface area contributed by atoms with Crippen LogP contribution in [0.25, 0.3) is 0 Å². The average Bonchev–Trinajstić information content (AvgIpc) is 2.88. The first-order valence-corrected chi connectivity index (χ1v) is 6.98. The summed E-state index contributed by atoms with van der Waals surface area (Å²) in [7, 11) is 1.34. The molecule has 0 aromatic rings. The second kappa shape index (κ2) is 6.30. The van der Waals surface area contributed by atoms with Gasteiger partial charge in [0.2, 0.25) is 0 Å². The van der Waals surface area contributed by atoms with Gasteiger partial charge in [-0.05, 0) is 12.8 Å². The minimum absolute atomic E-state index is 0.0345. The highest BCUT2D eigenvalue weighted by molar-refractivity contribution is 5.83. The molecule has 2 heterocycles. The van der Waals surface area contributed by atoms with E-state index in [1.54, 1.807) is 0 Å². The lowest BCUT2D eigenvalue weighted by atomic mass is 9.97. The van der Waals surface area contributed by atoms with Crippen molar-refractivity contribution in [1.29, 1.82) is 0 Å². The lowest BCUT2D eigenvalue weighted by Gasteiger charge is -2.34. The summed E-state index contributed by atoms with van der Waals surface area (Å²) in [5, 5.41) is 18.7. The molecule has 8 heteroatoms. The fraction of sp³-hybridized carbons (Fsp3) is 0.769. The van der Waals surface area contributed by atoms with E-state index in [1.165, 1.54) is 16.9 Å². The summed E-state index contributed by atoms with van der Waals surface area (Å²) in [5.41, 5.74) is 0. The van der Waals surface area contributed by atoms with Crippen molar-refractivity contribution in [2.24, 2.45) is 5.92 Å². The largest absolute Gasteiger partial charge is 0.480 e. The molecular formula is C13H20N2O6. The number of hydrogen-bond acceptors (Lipinski definition) is 5. The number of methoxy groups -OCH3 is 1. The zero-order valence-corrected chi connectivity index (χ0v) is 11.9. The summed E-state index contributed by atoms with van der Waals surface area (Å²) in [5.74, 6) is -1.59. The van der Waals surface area contributed by atoms with Gasteiger partial charge in [0.1, 0.15) is 6.04 Å². The molecule has 2 rings (SSSR count). The Morgan fingerprint density at radius 3 is 2.33 bits per heavy atom. The number of nitrogens with zero attached hydrogens (tertiary/aromatic N) is 2. The van der Waals surface area contributed by atoms with Gasteiger partial charge < -0.3 is 24.7 Å². The number of ether oxygens (including phenoxy) is 1. The van der Waals surface area contributed by atoms with Crippen molar-refractivity contribution >= 4 is 18.0 Å². The fourth-order valence-electron chi connectivity index (χ4n) is 2.91. The normalized spacial score (nSPS) is 26.8. The maximum absolute atomic E-state index is 12.4. The standard InChI is InChI=1S/C13H20N2O6/c1-21-12(19)8-2-4-14(5-3-8)13(20)15-7-9(16)6-10(15)11(17)18/h8-10,16H,2-7H2,1H3,(H,17,18)/t9?,10-/m0/s1. The van der Waals surface area contributed by atoms with E-state index in [1.807, 2.05) is 0 Å². The van der Waals surface area contributed by atoms with Crippen LogP contribution >= 0.6 is 0 Å². The number of aliphatic hydroxyl groups excluding tert-OH is 1. The van der Waals surface area contributed by atoms with Gasteiger partial charge in [0.15, 0.2) is 0 Å². The Hall–Kier alpha value is -1.83. The number of rotatable bonds is 2. The van der Waals surface area contributed by atoms with E-state index < -0.39 is 18.1 Å². The molecule has 2 atom stereocenters. The van der Waals surface area contributed by atoms with Crippen LogP contribution in [0.2, 0.25) is 0 Å². The summed E-state index contributed by atoms with van der Waals surface area (Å²) in [6.07, 6.45) is 0.265. The number of hydrogen-bond donors (Lipinski definition) is 2. The zero-order chi connectivity index (χ0) is 15.6. The third-order valence-corrected chi connectivity index (χ3v) is 4.11. The highest BCUT2D eigenvalue weighted by Gasteiger charge is 2.41. The van der Waals surface area contributed by atoms with Gasteiger partial charge in [-0.25, -0.2) is 9.59 Å². The van der Waals surface area contributed by atoms with Crippen molar-refractivity contribution in [3.05, 3.63) is 0 Å². The Kier molecular flexibility index (Phi) is 4.66. The molecule has 0 aromatic heterocycles. The van der Waals surface area contributed by atoms with Crippen LogP contribution < -0.4 is 0 Å². The molecule has 0 aromatic carbocycles. The number of amides is 2. The molecular weight excluding hydrogens is 280 g/mol. The van der Waals surface area contributed by atoms with Crippen LogP contribution in [-0.2, 0) is 14.3 Å². The third kappa shape index (κ3) is 3.26. The van der Waals surface area contributed by atoms with Crippen molar-refractivity contribution in [3.63, 3.8) is 0 Å². The number of aliphatic hydroxyl groups is 1. The highest BCUT2D eigenvalue weighted by Crippen LogP contribution is 2.24. The predicted molar refractivity (Wildman–Crippen MR) is 70.5 cm³/mol. The molecule has 1 unspecified atom stereocenters. The van der Waals surface area contributed by atoms with Gasteiger partial charge in [0.25, 0.3) is 0 Å². The molecule has 0 aliphatic carbocycles. The Labute approximate surface area is 122 Å². The zero-order valence-electron chi connectivity index (χ0n) is 11.9. The van der Waals surface area contributed by atoms with Crippen LogP contribution in [0.4, 0.5) is 4.79 Å². The number of likely N-dealkylation sites (tertiary alicyclic amines) is 2. The minimum Gasteiger partial charge on any atom is -0.480 e. The summed E-state index contributed by atoms with van der Waals surface area (Å²) < 4.78 is 4.68. The molecule has 0 radical (unpaired) electrons. The van der Waals surface area contributed by atoms with E-state index in [4.69, 9.17) is 5.11 Å². The van der Waals surface area contributed by atoms with Gasteiger partial charge in [-0.1, -0.05) is 0 Å². The van der Waals surface area contributed by atoms with Gasteiger partial charge >= 0.3 is 18.0 Å². The molecule has 8 nitrogen and oxygen atoms in total. The number of aliphatic carboxylic acids is 1. The molecule has 0 spiro atoms. The van der Waals surface area contributed by atoms with E-state index in [9.17, 15) is 19.5 Å². The Morgan fingerprint density at radius 1 is 1.19 bits per heavy atom. The second-order valence-electron chi connectivity index (χ2n) is 5.46. The first-order chi connectivity index (χ1) is 9.93. The van der Waals surface area contributed by atoms with Crippen molar-refractivity contribution in [2.45, 2.75) is 31.4 Å². The lowest BCUT2D eigenvalue weighted by Crippen LogP contribution is -2.51. The van der Waals surface area contributed by atoms with Crippen molar-refractivity contribution < 1.29 is 29.3 Å². The molecule has 2 aliphatic rings. The van der Waals surface area contributed by atoms with E-state index in [0.29, 0.717) is 25.9 Å². The van der Waals surface area contributed by atoms with Crippen molar-refractivity contribution in [2.75, 3.05) is 26.7 Å². The van der Waals surface area contributed by atoms with Crippen LogP contribution in [0.1, 0.15) is 19.3 Å². The molecule has 2 N–H and O–H groups in total. The smallest absolute Gasteiger partial charge is 0.326 e. The van der Waals surface area contributed by atoms with Crippen LogP contribution in [0.3, 0.4) is 0 Å². The maximum atomic E-state index is 12.4. The number of carbonyl (C=O) groups is 3. The average molecular weight is 300 g/mol. The van der Waals surface area contributed by atoms with Gasteiger partial charge in [-0.15, -0.1) is 0 Å². The molecule has 0 bridgehead atoms. The summed E-state index contributed by atoms with van der Waals surface area (Å²) in [6.45, 7) is 0.807. The SMILES string of the molecule is COC(=O)C1CCN(C(=O)N2CC(O)C[C@H]2C(=O)O)CC1. The Bertz CT molecular complexity index is 432. The van der Waals surface area contributed by atoms with Gasteiger partial charge in [-0.3, -0.25) is 4.79 Å². The fourth-order valence-corrected chi connectivity index (χ4v) is 2.91. The molecule has 2 fully saturated rings. The molecule has 2 amide bonds. The number of esters is 1. The number of carboxylic acids is 1. The number of carboxylic acid groups (broad SMARTS) is 1. The third-order valence-electron chi connectivity index (χ3n) is 4.11. The molecule has 0 saturated carbocycles. The van der Waals surface area contributed by atoms with Crippen LogP contribution in [0.5, 0.6) is 0 Å². The summed E-state index contributed by atoms with van der Waals surface area (Å²) in [4.78, 5) is 37.7. The molecule has 2 saturated heterocycles. The Balaban J connectivity index is 1.95. The van der Waals surface area contributed by atoms with E-state index in [0.717, 1.165) is 0 Å². The first kappa shape index (κ1) is 15.6. The summed E-state index contributed by atoms with van der Waals surface area (Å²) in [6, 6.07) is -1.37. The van der Waals surface area contributed by atoms with E-state index in [2.05, 4.69) is 4.74 Å². The Morgan fingerprint density at radius 2 is 1.81 bits per heavy atom. The van der Waals surface area contributed by atoms with Gasteiger partial charge in [-0.2, -0.15) is 0 Å². The van der Waals surface area contributed by atoms with E-state index >= 15 is 0 Å². The number of urea groups is 1. The highest BCUT2D eigenvalue weighted by atomic mass is 16.5. The number of carbonyl (C=O) groups excluding carboxylic acids is 2. The van der Waals surface area contributed by atoms with Crippen molar-refractivity contribution in [3.8, 4) is 0 Å². The molecule has 2 aliphatic heterocycles. The van der Waals surface area contributed by atoms with E-state index in [-0.39, 0.29) is 30.9 Å². The molecule has 21 heavy (non-hydrogen) atoms. The lowest BCUT2D eigenvalue weighted by molar-refractivity contribution is -0.146. The van der Waals surface area contributed by atoms with Gasteiger partial charge in [0.05, 0.1) is 19.1 Å². The quantitative estimate of drug-likeness (QED) is 0.666. The first-order valence-electron chi connectivity index (χ1n) is 6.98. The van der Waals surface area contributed by atoms with Crippen LogP contribution in [0.15, 0.2) is 0 Å². The monoisotopic (exact) mass is 300 g/mol. The second-order valence-corrected chi connectivity index (χ2v) is 5.46. The van der Waals surface area contributed by atoms with Crippen molar-refractivity contribution in [1.82, 2.24) is 9.80 Å². The number of β-amino-alcohol motifs (C(OH)–C–C–N with tert-alkyl or cyclic N) is 1. The molecule has 118 valence electrons. The van der Waals surface area contributed by atoms with Crippen LogP contribution in [0, 0.1) is 5.92 Å². The number of piperidine rings is 1. The summed E-state index contributed by atoms with van der Waals surface area (Å²) >= 11 is 0. The minimum atomic E-state index is -1.11.